The summed E-state index contributed by atoms with van der Waals surface area (Å²) in [4.78, 5) is 11.9. The molecule has 1 aromatic carbocycles. The van der Waals surface area contributed by atoms with Gasteiger partial charge in [-0.1, -0.05) is 70.4 Å². The summed E-state index contributed by atoms with van der Waals surface area (Å²) in [6.45, 7) is 2.26. The van der Waals surface area contributed by atoms with Crippen LogP contribution in [0.2, 0.25) is 0 Å². The van der Waals surface area contributed by atoms with Gasteiger partial charge in [0.2, 0.25) is 5.91 Å². The second-order valence-corrected chi connectivity index (χ2v) is 7.57. The van der Waals surface area contributed by atoms with E-state index >= 15 is 0 Å². The molecule has 28 heavy (non-hydrogen) atoms. The molecule has 0 unspecified atom stereocenters. The summed E-state index contributed by atoms with van der Waals surface area (Å²) in [5, 5.41) is 11.7. The van der Waals surface area contributed by atoms with Gasteiger partial charge in [-0.15, -0.1) is 0 Å². The number of hydrogen-bond donors (Lipinski definition) is 1. The van der Waals surface area contributed by atoms with E-state index in [1.54, 1.807) is 24.3 Å². The average Bonchev–Trinajstić information content (AvgIpc) is 2.71. The number of benzene rings is 1. The standard InChI is InChI=1S/C25H38N2O/c1-2-3-4-5-6-7-8-9-10-11-12-13-14-15-16-17-25(28)27-24-20-18-23(22-26)19-21-24/h9-10,18-21H,2-8,11-17H2,1H3,(H,27,28)/b10-9-. The van der Waals surface area contributed by atoms with Crippen LogP contribution in [0.4, 0.5) is 5.69 Å². The number of allylic oxidation sites excluding steroid dienone is 2. The van der Waals surface area contributed by atoms with E-state index in [-0.39, 0.29) is 5.91 Å². The van der Waals surface area contributed by atoms with Crippen LogP contribution in [0.25, 0.3) is 0 Å². The summed E-state index contributed by atoms with van der Waals surface area (Å²) < 4.78 is 0. The third-order valence-corrected chi connectivity index (χ3v) is 4.96. The molecule has 0 bridgehead atoms. The van der Waals surface area contributed by atoms with Crippen LogP contribution in [0.3, 0.4) is 0 Å². The highest BCUT2D eigenvalue weighted by Gasteiger charge is 2.02. The molecule has 1 N–H and O–H groups in total. The van der Waals surface area contributed by atoms with Gasteiger partial charge in [0.25, 0.3) is 0 Å². The molecule has 0 aliphatic heterocycles. The molecule has 0 radical (unpaired) electrons. The molecule has 3 heteroatoms. The maximum atomic E-state index is 11.9. The zero-order chi connectivity index (χ0) is 20.3. The normalized spacial score (nSPS) is 10.9. The van der Waals surface area contributed by atoms with E-state index in [4.69, 9.17) is 5.26 Å². The van der Waals surface area contributed by atoms with Gasteiger partial charge < -0.3 is 5.32 Å². The fourth-order valence-electron chi connectivity index (χ4n) is 3.21. The van der Waals surface area contributed by atoms with Crippen molar-refractivity contribution in [1.82, 2.24) is 0 Å². The first-order valence-electron chi connectivity index (χ1n) is 11.2. The van der Waals surface area contributed by atoms with Gasteiger partial charge in [-0.25, -0.2) is 0 Å². The maximum absolute atomic E-state index is 11.9. The summed E-state index contributed by atoms with van der Waals surface area (Å²) >= 11 is 0. The fourth-order valence-corrected chi connectivity index (χ4v) is 3.21. The van der Waals surface area contributed by atoms with Crippen molar-refractivity contribution in [3.63, 3.8) is 0 Å². The second kappa shape index (κ2) is 17.0. The highest BCUT2D eigenvalue weighted by atomic mass is 16.1. The first-order chi connectivity index (χ1) is 13.8. The van der Waals surface area contributed by atoms with Gasteiger partial charge in [0.15, 0.2) is 0 Å². The Hall–Kier alpha value is -2.08. The molecular formula is C25H38N2O. The Kier molecular flexibility index (Phi) is 14.6. The predicted molar refractivity (Wildman–Crippen MR) is 119 cm³/mol. The topological polar surface area (TPSA) is 52.9 Å². The van der Waals surface area contributed by atoms with E-state index < -0.39 is 0 Å². The Bertz CT molecular complexity index is 584. The van der Waals surface area contributed by atoms with Crippen LogP contribution in [0, 0.1) is 11.3 Å². The molecule has 0 saturated carbocycles. The highest BCUT2D eigenvalue weighted by Crippen LogP contribution is 2.12. The molecule has 0 heterocycles. The van der Waals surface area contributed by atoms with Gasteiger partial charge in [0.05, 0.1) is 11.6 Å². The zero-order valence-corrected chi connectivity index (χ0v) is 17.7. The summed E-state index contributed by atoms with van der Waals surface area (Å²) in [7, 11) is 0. The van der Waals surface area contributed by atoms with E-state index in [9.17, 15) is 4.79 Å². The third-order valence-electron chi connectivity index (χ3n) is 4.96. The summed E-state index contributed by atoms with van der Waals surface area (Å²) in [6, 6.07) is 9.06. The lowest BCUT2D eigenvalue weighted by molar-refractivity contribution is -0.116. The smallest absolute Gasteiger partial charge is 0.224 e. The molecule has 1 amide bonds. The number of anilines is 1. The lowest BCUT2D eigenvalue weighted by atomic mass is 10.1. The molecule has 0 aliphatic rings. The van der Waals surface area contributed by atoms with Crippen molar-refractivity contribution in [1.29, 1.82) is 5.26 Å². The van der Waals surface area contributed by atoms with Gasteiger partial charge in [-0.2, -0.15) is 5.26 Å². The molecule has 0 fully saturated rings. The van der Waals surface area contributed by atoms with Crippen molar-refractivity contribution in [3.8, 4) is 6.07 Å². The Morgan fingerprint density at radius 2 is 1.39 bits per heavy atom. The van der Waals surface area contributed by atoms with Crippen molar-refractivity contribution in [2.75, 3.05) is 5.32 Å². The van der Waals surface area contributed by atoms with Crippen LogP contribution in [0.15, 0.2) is 36.4 Å². The minimum atomic E-state index is 0.0577. The summed E-state index contributed by atoms with van der Waals surface area (Å²) in [5.41, 5.74) is 1.37. The molecule has 1 aromatic rings. The highest BCUT2D eigenvalue weighted by molar-refractivity contribution is 5.90. The van der Waals surface area contributed by atoms with Crippen molar-refractivity contribution in [2.24, 2.45) is 0 Å². The average molecular weight is 383 g/mol. The lowest BCUT2D eigenvalue weighted by Crippen LogP contribution is -2.10. The Morgan fingerprint density at radius 3 is 1.96 bits per heavy atom. The fraction of sp³-hybridized carbons (Fsp3) is 0.600. The van der Waals surface area contributed by atoms with E-state index in [0.717, 1.165) is 18.5 Å². The van der Waals surface area contributed by atoms with E-state index in [0.29, 0.717) is 12.0 Å². The lowest BCUT2D eigenvalue weighted by Gasteiger charge is -2.05. The van der Waals surface area contributed by atoms with Crippen LogP contribution in [-0.2, 0) is 4.79 Å². The van der Waals surface area contributed by atoms with Crippen molar-refractivity contribution < 1.29 is 4.79 Å². The minimum absolute atomic E-state index is 0.0577. The van der Waals surface area contributed by atoms with Gasteiger partial charge >= 0.3 is 0 Å². The van der Waals surface area contributed by atoms with Crippen LogP contribution < -0.4 is 5.32 Å². The van der Waals surface area contributed by atoms with Crippen molar-refractivity contribution >= 4 is 11.6 Å². The number of amides is 1. The molecule has 0 saturated heterocycles. The van der Waals surface area contributed by atoms with Gasteiger partial charge in [0.1, 0.15) is 0 Å². The third kappa shape index (κ3) is 13.1. The molecule has 0 aromatic heterocycles. The number of carbonyl (C=O) groups excluding carboxylic acids is 1. The van der Waals surface area contributed by atoms with Crippen molar-refractivity contribution in [3.05, 3.63) is 42.0 Å². The van der Waals surface area contributed by atoms with Crippen LogP contribution in [0.1, 0.15) is 102 Å². The van der Waals surface area contributed by atoms with Crippen molar-refractivity contribution in [2.45, 2.75) is 96.8 Å². The number of nitrogens with one attached hydrogen (secondary N) is 1. The van der Waals surface area contributed by atoms with Gasteiger partial charge in [-0.05, 0) is 56.4 Å². The predicted octanol–water partition coefficient (Wildman–Crippen LogP) is 7.53. The Balaban J connectivity index is 1.89. The number of unbranched alkanes of at least 4 members (excludes halogenated alkanes) is 11. The van der Waals surface area contributed by atoms with Crippen LogP contribution >= 0.6 is 0 Å². The summed E-state index contributed by atoms with van der Waals surface area (Å²) in [6.07, 6.45) is 21.7. The van der Waals surface area contributed by atoms with Gasteiger partial charge in [0, 0.05) is 12.1 Å². The van der Waals surface area contributed by atoms with Crippen LogP contribution in [0.5, 0.6) is 0 Å². The van der Waals surface area contributed by atoms with E-state index in [2.05, 4.69) is 30.5 Å². The first kappa shape index (κ1) is 24.0. The molecule has 0 spiro atoms. The van der Waals surface area contributed by atoms with E-state index in [1.807, 2.05) is 0 Å². The number of carbonyl (C=O) groups is 1. The molecule has 154 valence electrons. The van der Waals surface area contributed by atoms with Crippen LogP contribution in [-0.4, -0.2) is 5.91 Å². The molecule has 0 atom stereocenters. The number of hydrogen-bond acceptors (Lipinski definition) is 2. The number of nitrogens with zero attached hydrogens (tertiary/aromatic N) is 1. The largest absolute Gasteiger partial charge is 0.326 e. The number of nitriles is 1. The zero-order valence-electron chi connectivity index (χ0n) is 17.7. The number of rotatable bonds is 16. The SMILES string of the molecule is CCCCCCCC/C=C\CCCCCCCC(=O)Nc1ccc(C#N)cc1. The maximum Gasteiger partial charge on any atom is 0.224 e. The molecule has 3 nitrogen and oxygen atoms in total. The first-order valence-corrected chi connectivity index (χ1v) is 11.2. The Labute approximate surface area is 172 Å². The minimum Gasteiger partial charge on any atom is -0.326 e. The Morgan fingerprint density at radius 1 is 0.857 bits per heavy atom. The molecule has 0 aliphatic carbocycles. The monoisotopic (exact) mass is 382 g/mol. The molecule has 1 rings (SSSR count). The molecular weight excluding hydrogens is 344 g/mol. The summed E-state index contributed by atoms with van der Waals surface area (Å²) in [5.74, 6) is 0.0577. The quantitative estimate of drug-likeness (QED) is 0.237. The van der Waals surface area contributed by atoms with Gasteiger partial charge in [-0.3, -0.25) is 4.79 Å². The van der Waals surface area contributed by atoms with E-state index in [1.165, 1.54) is 70.6 Å². The second-order valence-electron chi connectivity index (χ2n) is 7.57.